The molecule has 163 valence electrons. The van der Waals surface area contributed by atoms with Gasteiger partial charge in [0.25, 0.3) is 5.56 Å². The van der Waals surface area contributed by atoms with E-state index < -0.39 is 53.5 Å². The molecule has 0 bridgehead atoms. The first-order chi connectivity index (χ1) is 13.9. The van der Waals surface area contributed by atoms with Crippen LogP contribution in [0, 0.1) is 11.8 Å². The van der Waals surface area contributed by atoms with E-state index in [1.54, 1.807) is 19.9 Å². The second-order valence-electron chi connectivity index (χ2n) is 8.80. The standard InChI is InChI=1S/C20H26N3O7/c1-19(2)7-11(8-20(3,4)23(19)29)5-6-12-9-22(18(28)21-16(12)27)17-15(26)14(25)13(10-24)30-17/h7,9,13-15,17,24-26H,8,10H2,1-4H3,(H,21,27,28)/t13-,14-,15-,17-/m1/s1. The summed E-state index contributed by atoms with van der Waals surface area (Å²) in [6, 6.07) is 0. The van der Waals surface area contributed by atoms with Crippen LogP contribution in [-0.2, 0) is 9.94 Å². The molecule has 1 aromatic heterocycles. The lowest BCUT2D eigenvalue weighted by molar-refractivity contribution is -0.262. The number of aliphatic hydroxyl groups is 3. The average molecular weight is 420 g/mol. The Hall–Kier alpha value is -2.26. The van der Waals surface area contributed by atoms with Crippen LogP contribution in [0.25, 0.3) is 0 Å². The van der Waals surface area contributed by atoms with Gasteiger partial charge in [-0.05, 0) is 27.7 Å². The molecule has 1 aromatic rings. The summed E-state index contributed by atoms with van der Waals surface area (Å²) in [7, 11) is 0. The van der Waals surface area contributed by atoms with Gasteiger partial charge in [-0.25, -0.2) is 4.79 Å². The molecule has 0 saturated carbocycles. The predicted octanol–water partition coefficient (Wildman–Crippen LogP) is -0.966. The maximum atomic E-state index is 12.4. The fourth-order valence-electron chi connectivity index (χ4n) is 3.96. The summed E-state index contributed by atoms with van der Waals surface area (Å²) >= 11 is 0. The van der Waals surface area contributed by atoms with Crippen molar-refractivity contribution in [2.45, 2.75) is 69.7 Å². The van der Waals surface area contributed by atoms with Gasteiger partial charge in [0.1, 0.15) is 23.9 Å². The van der Waals surface area contributed by atoms with Crippen molar-refractivity contribution in [2.75, 3.05) is 6.61 Å². The average Bonchev–Trinajstić information content (AvgIpc) is 2.93. The monoisotopic (exact) mass is 420 g/mol. The zero-order valence-corrected chi connectivity index (χ0v) is 17.2. The number of hydroxylamine groups is 2. The minimum atomic E-state index is -1.47. The summed E-state index contributed by atoms with van der Waals surface area (Å²) in [5.41, 5.74) is -2.37. The molecule has 10 nitrogen and oxygen atoms in total. The van der Waals surface area contributed by atoms with Crippen LogP contribution < -0.4 is 11.2 Å². The normalized spacial score (nSPS) is 30.5. The molecular formula is C20H26N3O7. The number of rotatable bonds is 2. The first kappa shape index (κ1) is 22.4. The van der Waals surface area contributed by atoms with Crippen molar-refractivity contribution in [3.63, 3.8) is 0 Å². The molecule has 1 fully saturated rings. The van der Waals surface area contributed by atoms with Crippen LogP contribution in [0.5, 0.6) is 0 Å². The van der Waals surface area contributed by atoms with E-state index >= 15 is 0 Å². The van der Waals surface area contributed by atoms with Gasteiger partial charge in [-0.3, -0.25) is 14.3 Å². The topological polar surface area (TPSA) is 148 Å². The molecule has 2 aliphatic heterocycles. The van der Waals surface area contributed by atoms with Gasteiger partial charge < -0.3 is 20.1 Å². The summed E-state index contributed by atoms with van der Waals surface area (Å²) in [6.45, 7) is 6.63. The third-order valence-electron chi connectivity index (χ3n) is 5.34. The predicted molar refractivity (Wildman–Crippen MR) is 105 cm³/mol. The lowest BCUT2D eigenvalue weighted by Crippen LogP contribution is -2.54. The number of aliphatic hydroxyl groups excluding tert-OH is 3. The van der Waals surface area contributed by atoms with Gasteiger partial charge in [-0.15, -0.1) is 10.3 Å². The van der Waals surface area contributed by atoms with Crippen LogP contribution in [0.3, 0.4) is 0 Å². The molecule has 1 radical (unpaired) electrons. The first-order valence-corrected chi connectivity index (χ1v) is 9.56. The first-order valence-electron chi connectivity index (χ1n) is 9.56. The molecule has 10 heteroatoms. The molecule has 0 aliphatic carbocycles. The zero-order chi connectivity index (χ0) is 22.4. The Bertz CT molecular complexity index is 1030. The summed E-state index contributed by atoms with van der Waals surface area (Å²) in [5.74, 6) is 5.63. The smallest absolute Gasteiger partial charge is 0.330 e. The maximum Gasteiger partial charge on any atom is 0.330 e. The highest BCUT2D eigenvalue weighted by Gasteiger charge is 2.44. The van der Waals surface area contributed by atoms with E-state index in [1.165, 1.54) is 0 Å². The van der Waals surface area contributed by atoms with Gasteiger partial charge in [-0.2, -0.15) is 0 Å². The fraction of sp³-hybridized carbons (Fsp3) is 0.600. The summed E-state index contributed by atoms with van der Waals surface area (Å²) in [4.78, 5) is 26.5. The molecule has 0 aromatic carbocycles. The maximum absolute atomic E-state index is 12.4. The number of ether oxygens (including phenoxy) is 1. The Kier molecular flexibility index (Phi) is 5.81. The van der Waals surface area contributed by atoms with Crippen molar-refractivity contribution >= 4 is 0 Å². The Morgan fingerprint density at radius 2 is 1.87 bits per heavy atom. The van der Waals surface area contributed by atoms with E-state index in [4.69, 9.17) is 4.74 Å². The number of hydrogen-bond acceptors (Lipinski definition) is 7. The van der Waals surface area contributed by atoms with Crippen LogP contribution in [0.2, 0.25) is 0 Å². The molecule has 4 atom stereocenters. The van der Waals surface area contributed by atoms with E-state index in [0.717, 1.165) is 15.8 Å². The van der Waals surface area contributed by atoms with Crippen LogP contribution in [0.4, 0.5) is 0 Å². The third-order valence-corrected chi connectivity index (χ3v) is 5.34. The molecule has 30 heavy (non-hydrogen) atoms. The molecule has 0 unspecified atom stereocenters. The number of aromatic amines is 1. The van der Waals surface area contributed by atoms with Crippen molar-refractivity contribution in [3.05, 3.63) is 44.2 Å². The molecule has 1 saturated heterocycles. The van der Waals surface area contributed by atoms with Gasteiger partial charge in [0.15, 0.2) is 6.23 Å². The quantitative estimate of drug-likeness (QED) is 0.450. The van der Waals surface area contributed by atoms with Crippen LogP contribution in [-0.4, -0.2) is 65.9 Å². The Balaban J connectivity index is 1.98. The molecular weight excluding hydrogens is 394 g/mol. The van der Waals surface area contributed by atoms with Gasteiger partial charge in [0.05, 0.1) is 12.1 Å². The Labute approximate surface area is 173 Å². The highest BCUT2D eigenvalue weighted by molar-refractivity contribution is 5.41. The fourth-order valence-corrected chi connectivity index (χ4v) is 3.96. The highest BCUT2D eigenvalue weighted by atomic mass is 16.6. The lowest BCUT2D eigenvalue weighted by atomic mass is 9.83. The van der Waals surface area contributed by atoms with Crippen molar-refractivity contribution < 1.29 is 25.3 Å². The highest BCUT2D eigenvalue weighted by Crippen LogP contribution is 2.35. The number of H-pyrrole nitrogens is 1. The van der Waals surface area contributed by atoms with E-state index in [2.05, 4.69) is 16.8 Å². The van der Waals surface area contributed by atoms with Crippen LogP contribution >= 0.6 is 0 Å². The molecule has 0 spiro atoms. The third kappa shape index (κ3) is 4.00. The number of aromatic nitrogens is 2. The van der Waals surface area contributed by atoms with Gasteiger partial charge in [-0.1, -0.05) is 17.9 Å². The van der Waals surface area contributed by atoms with Crippen LogP contribution in [0.15, 0.2) is 27.4 Å². The Morgan fingerprint density at radius 1 is 1.20 bits per heavy atom. The van der Waals surface area contributed by atoms with E-state index in [0.29, 0.717) is 12.0 Å². The summed E-state index contributed by atoms with van der Waals surface area (Å²) in [6.07, 6.45) is -1.94. The largest absolute Gasteiger partial charge is 0.394 e. The molecule has 4 N–H and O–H groups in total. The molecule has 3 heterocycles. The van der Waals surface area contributed by atoms with E-state index in [-0.39, 0.29) is 5.56 Å². The van der Waals surface area contributed by atoms with Crippen molar-refractivity contribution in [3.8, 4) is 11.8 Å². The van der Waals surface area contributed by atoms with E-state index in [1.807, 2.05) is 13.8 Å². The molecule has 0 amide bonds. The number of hydrogen-bond donors (Lipinski definition) is 4. The second kappa shape index (κ2) is 7.77. The molecule has 2 aliphatic rings. The van der Waals surface area contributed by atoms with E-state index in [9.17, 15) is 30.1 Å². The Morgan fingerprint density at radius 3 is 2.43 bits per heavy atom. The lowest BCUT2D eigenvalue weighted by Gasteiger charge is -2.44. The number of nitrogens with zero attached hydrogens (tertiary/aromatic N) is 2. The minimum Gasteiger partial charge on any atom is -0.394 e. The van der Waals surface area contributed by atoms with Gasteiger partial charge in [0, 0.05) is 23.7 Å². The second-order valence-corrected chi connectivity index (χ2v) is 8.80. The van der Waals surface area contributed by atoms with Gasteiger partial charge in [0.2, 0.25) is 0 Å². The number of nitrogens with one attached hydrogen (secondary N) is 1. The summed E-state index contributed by atoms with van der Waals surface area (Å²) < 4.78 is 6.28. The van der Waals surface area contributed by atoms with Gasteiger partial charge >= 0.3 is 5.69 Å². The van der Waals surface area contributed by atoms with Crippen molar-refractivity contribution in [1.29, 1.82) is 0 Å². The molecule has 3 rings (SSSR count). The minimum absolute atomic E-state index is 0.0478. The van der Waals surface area contributed by atoms with Crippen molar-refractivity contribution in [1.82, 2.24) is 14.6 Å². The van der Waals surface area contributed by atoms with Crippen LogP contribution in [0.1, 0.15) is 45.9 Å². The zero-order valence-electron chi connectivity index (χ0n) is 17.2. The summed E-state index contributed by atoms with van der Waals surface area (Å²) in [5, 5.41) is 42.7. The SMILES string of the molecule is CC1(C)C=C(C#Cc2cn([C@@H]3O[C@H](CO)[C@@H](O)[C@H]3O)c(=O)[nH]c2=O)CC(C)(C)N1[O]. The van der Waals surface area contributed by atoms with Crippen molar-refractivity contribution in [2.24, 2.45) is 0 Å².